The summed E-state index contributed by atoms with van der Waals surface area (Å²) in [5.41, 5.74) is 5.79. The van der Waals surface area contributed by atoms with Crippen LogP contribution in [-0.4, -0.2) is 28.1 Å². The molecule has 1 aromatic rings. The number of pyridine rings is 1. The van der Waals surface area contributed by atoms with Crippen LogP contribution in [0.3, 0.4) is 0 Å². The average Bonchev–Trinajstić information content (AvgIpc) is 2.17. The molecule has 0 aromatic carbocycles. The van der Waals surface area contributed by atoms with Gasteiger partial charge in [0.1, 0.15) is 6.04 Å². The van der Waals surface area contributed by atoms with Crippen LogP contribution in [0.25, 0.3) is 0 Å². The van der Waals surface area contributed by atoms with Gasteiger partial charge in [0, 0.05) is 18.8 Å². The van der Waals surface area contributed by atoms with Crippen LogP contribution < -0.4 is 11.1 Å². The molecule has 1 atom stereocenters. The maximum atomic E-state index is 10.9. The fourth-order valence-electron chi connectivity index (χ4n) is 1.13. The van der Waals surface area contributed by atoms with E-state index in [1.807, 2.05) is 5.32 Å². The lowest BCUT2D eigenvalue weighted by molar-refractivity contribution is -0.119. The lowest BCUT2D eigenvalue weighted by atomic mass is 10.1. The number of amides is 2. The monoisotopic (exact) mass is 209 g/mol. The van der Waals surface area contributed by atoms with Gasteiger partial charge in [0.15, 0.2) is 0 Å². The van der Waals surface area contributed by atoms with Crippen molar-refractivity contribution in [3.63, 3.8) is 0 Å². The van der Waals surface area contributed by atoms with E-state index >= 15 is 0 Å². The Morgan fingerprint density at radius 1 is 1.60 bits per heavy atom. The number of nitrogens with zero attached hydrogens (tertiary/aromatic N) is 1. The number of rotatable bonds is 4. The standard InChI is InChI=1S/C9H11N3O3/c10-8(13)7(12-9(14)15)4-6-2-1-3-11-5-6/h1-3,5,7,12H,4H2,(H2,10,13)(H,14,15). The van der Waals surface area contributed by atoms with E-state index in [0.717, 1.165) is 5.56 Å². The maximum absolute atomic E-state index is 10.9. The summed E-state index contributed by atoms with van der Waals surface area (Å²) in [5.74, 6) is -0.707. The highest BCUT2D eigenvalue weighted by Crippen LogP contribution is 2.00. The lowest BCUT2D eigenvalue weighted by Gasteiger charge is -2.12. The molecule has 0 bridgehead atoms. The molecule has 0 aliphatic rings. The van der Waals surface area contributed by atoms with Crippen LogP contribution in [0.15, 0.2) is 24.5 Å². The zero-order valence-electron chi connectivity index (χ0n) is 7.88. The second kappa shape index (κ2) is 4.94. The molecule has 0 spiro atoms. The minimum Gasteiger partial charge on any atom is -0.465 e. The maximum Gasteiger partial charge on any atom is 0.405 e. The summed E-state index contributed by atoms with van der Waals surface area (Å²) < 4.78 is 0. The second-order valence-electron chi connectivity index (χ2n) is 2.97. The Morgan fingerprint density at radius 2 is 2.33 bits per heavy atom. The Hall–Kier alpha value is -2.11. The van der Waals surface area contributed by atoms with Gasteiger partial charge in [-0.25, -0.2) is 4.79 Å². The SMILES string of the molecule is NC(=O)C(Cc1cccnc1)NC(=O)O. The molecule has 0 saturated carbocycles. The number of nitrogens with one attached hydrogen (secondary N) is 1. The number of carbonyl (C=O) groups excluding carboxylic acids is 1. The van der Waals surface area contributed by atoms with Crippen LogP contribution >= 0.6 is 0 Å². The molecule has 15 heavy (non-hydrogen) atoms. The Bertz CT molecular complexity index is 353. The van der Waals surface area contributed by atoms with Crippen molar-refractivity contribution in [3.8, 4) is 0 Å². The van der Waals surface area contributed by atoms with Crippen molar-refractivity contribution >= 4 is 12.0 Å². The van der Waals surface area contributed by atoms with E-state index in [1.54, 1.807) is 24.5 Å². The summed E-state index contributed by atoms with van der Waals surface area (Å²) in [6.45, 7) is 0. The quantitative estimate of drug-likeness (QED) is 0.635. The fraction of sp³-hybridized carbons (Fsp3) is 0.222. The van der Waals surface area contributed by atoms with Gasteiger partial charge < -0.3 is 16.2 Å². The Labute approximate surface area is 86.1 Å². The van der Waals surface area contributed by atoms with Gasteiger partial charge in [-0.3, -0.25) is 9.78 Å². The second-order valence-corrected chi connectivity index (χ2v) is 2.97. The zero-order chi connectivity index (χ0) is 11.3. The smallest absolute Gasteiger partial charge is 0.405 e. The minimum atomic E-state index is -1.28. The molecule has 0 fully saturated rings. The predicted molar refractivity (Wildman–Crippen MR) is 52.1 cm³/mol. The highest BCUT2D eigenvalue weighted by Gasteiger charge is 2.17. The molecular weight excluding hydrogens is 198 g/mol. The molecule has 0 saturated heterocycles. The number of nitrogens with two attached hydrogens (primary N) is 1. The van der Waals surface area contributed by atoms with Gasteiger partial charge in [0.05, 0.1) is 0 Å². The van der Waals surface area contributed by atoms with E-state index in [-0.39, 0.29) is 6.42 Å². The first kappa shape index (κ1) is 11.0. The van der Waals surface area contributed by atoms with Crippen LogP contribution in [0.1, 0.15) is 5.56 Å². The number of hydrogen-bond donors (Lipinski definition) is 3. The molecule has 0 radical (unpaired) electrons. The highest BCUT2D eigenvalue weighted by molar-refractivity contribution is 5.84. The van der Waals surface area contributed by atoms with E-state index in [9.17, 15) is 9.59 Å². The van der Waals surface area contributed by atoms with Gasteiger partial charge in [0.2, 0.25) is 5.91 Å². The first-order chi connectivity index (χ1) is 7.09. The normalized spacial score (nSPS) is 11.7. The molecule has 1 unspecified atom stereocenters. The molecule has 2 amide bonds. The van der Waals surface area contributed by atoms with Gasteiger partial charge in [0.25, 0.3) is 0 Å². The number of hydrogen-bond acceptors (Lipinski definition) is 3. The van der Waals surface area contributed by atoms with Crippen molar-refractivity contribution in [1.29, 1.82) is 0 Å². The molecule has 1 rings (SSSR count). The molecule has 6 nitrogen and oxygen atoms in total. The molecule has 0 aliphatic carbocycles. The lowest BCUT2D eigenvalue weighted by Crippen LogP contribution is -2.45. The summed E-state index contributed by atoms with van der Waals surface area (Å²) in [5, 5.41) is 10.5. The molecule has 1 aromatic heterocycles. The van der Waals surface area contributed by atoms with Crippen molar-refractivity contribution in [2.24, 2.45) is 5.73 Å². The third-order valence-electron chi connectivity index (χ3n) is 1.80. The third kappa shape index (κ3) is 3.63. The number of carbonyl (C=O) groups is 2. The Balaban J connectivity index is 2.67. The molecule has 4 N–H and O–H groups in total. The number of aromatic nitrogens is 1. The molecule has 0 aliphatic heterocycles. The molecule has 80 valence electrons. The Kier molecular flexibility index (Phi) is 3.61. The van der Waals surface area contributed by atoms with Gasteiger partial charge in [-0.05, 0) is 11.6 Å². The number of carboxylic acid groups (broad SMARTS) is 1. The van der Waals surface area contributed by atoms with Crippen LogP contribution in [0.4, 0.5) is 4.79 Å². The van der Waals surface area contributed by atoms with Gasteiger partial charge in [-0.15, -0.1) is 0 Å². The van der Waals surface area contributed by atoms with Crippen molar-refractivity contribution in [2.75, 3.05) is 0 Å². The Morgan fingerprint density at radius 3 is 2.80 bits per heavy atom. The first-order valence-corrected chi connectivity index (χ1v) is 4.27. The summed E-state index contributed by atoms with van der Waals surface area (Å²) >= 11 is 0. The van der Waals surface area contributed by atoms with Crippen molar-refractivity contribution in [1.82, 2.24) is 10.3 Å². The predicted octanol–water partition coefficient (Wildman–Crippen LogP) is -0.254. The first-order valence-electron chi connectivity index (χ1n) is 4.27. The van der Waals surface area contributed by atoms with Crippen molar-refractivity contribution in [2.45, 2.75) is 12.5 Å². The fourth-order valence-corrected chi connectivity index (χ4v) is 1.13. The largest absolute Gasteiger partial charge is 0.465 e. The van der Waals surface area contributed by atoms with E-state index < -0.39 is 18.0 Å². The van der Waals surface area contributed by atoms with Crippen LogP contribution in [0.2, 0.25) is 0 Å². The summed E-state index contributed by atoms with van der Waals surface area (Å²) in [4.78, 5) is 25.1. The van der Waals surface area contributed by atoms with Crippen LogP contribution in [0, 0.1) is 0 Å². The van der Waals surface area contributed by atoms with Gasteiger partial charge in [-0.1, -0.05) is 6.07 Å². The molecular formula is C9H11N3O3. The van der Waals surface area contributed by atoms with Crippen LogP contribution in [-0.2, 0) is 11.2 Å². The topological polar surface area (TPSA) is 105 Å². The molecule has 1 heterocycles. The van der Waals surface area contributed by atoms with E-state index in [1.165, 1.54) is 0 Å². The summed E-state index contributed by atoms with van der Waals surface area (Å²) in [6, 6.07) is 2.52. The highest BCUT2D eigenvalue weighted by atomic mass is 16.4. The summed E-state index contributed by atoms with van der Waals surface area (Å²) in [6.07, 6.45) is 2.07. The van der Waals surface area contributed by atoms with Gasteiger partial charge >= 0.3 is 6.09 Å². The van der Waals surface area contributed by atoms with E-state index in [4.69, 9.17) is 10.8 Å². The zero-order valence-corrected chi connectivity index (χ0v) is 7.88. The van der Waals surface area contributed by atoms with Crippen molar-refractivity contribution < 1.29 is 14.7 Å². The number of primary amides is 1. The third-order valence-corrected chi connectivity index (χ3v) is 1.80. The molecule has 6 heteroatoms. The van der Waals surface area contributed by atoms with Crippen molar-refractivity contribution in [3.05, 3.63) is 30.1 Å². The average molecular weight is 209 g/mol. The summed E-state index contributed by atoms with van der Waals surface area (Å²) in [7, 11) is 0. The minimum absolute atomic E-state index is 0.204. The van der Waals surface area contributed by atoms with Crippen LogP contribution in [0.5, 0.6) is 0 Å². The van der Waals surface area contributed by atoms with E-state index in [2.05, 4.69) is 4.98 Å². The van der Waals surface area contributed by atoms with Gasteiger partial charge in [-0.2, -0.15) is 0 Å². The van der Waals surface area contributed by atoms with E-state index in [0.29, 0.717) is 0 Å².